The number of nitrogens with two attached hydrogens (primary N) is 1. The van der Waals surface area contributed by atoms with Crippen LogP contribution in [0.4, 0.5) is 0 Å². The van der Waals surface area contributed by atoms with E-state index < -0.39 is 5.54 Å². The predicted octanol–water partition coefficient (Wildman–Crippen LogP) is 0.384. The van der Waals surface area contributed by atoms with Gasteiger partial charge in [0.15, 0.2) is 5.82 Å². The number of aryl methyl sites for hydroxylation is 1. The van der Waals surface area contributed by atoms with Gasteiger partial charge in [-0.05, 0) is 19.8 Å². The Labute approximate surface area is 112 Å². The maximum Gasteiger partial charge on any atom is 0.252 e. The third-order valence-electron chi connectivity index (χ3n) is 3.15. The fourth-order valence-corrected chi connectivity index (χ4v) is 1.42. The highest BCUT2D eigenvalue weighted by atomic mass is 16.5. The van der Waals surface area contributed by atoms with Crippen LogP contribution in [0.3, 0.4) is 0 Å². The summed E-state index contributed by atoms with van der Waals surface area (Å²) in [5, 5.41) is 6.51. The molecule has 1 heterocycles. The molecular weight excluding hydrogens is 248 g/mol. The number of nitrogens with zero attached hydrogens (tertiary/aromatic N) is 2. The molecule has 0 aromatic carbocycles. The van der Waals surface area contributed by atoms with Crippen LogP contribution in [0, 0.1) is 12.8 Å². The lowest BCUT2D eigenvalue weighted by Crippen LogP contribution is -2.55. The monoisotopic (exact) mass is 270 g/mol. The molecule has 1 atom stereocenters. The molecule has 0 aliphatic heterocycles. The van der Waals surface area contributed by atoms with E-state index in [9.17, 15) is 4.79 Å². The van der Waals surface area contributed by atoms with Crippen molar-refractivity contribution in [1.82, 2.24) is 15.5 Å². The lowest BCUT2D eigenvalue weighted by molar-refractivity contribution is -0.128. The lowest BCUT2D eigenvalue weighted by atomic mass is 9.88. The Morgan fingerprint density at radius 3 is 2.74 bits per heavy atom. The molecule has 0 fully saturated rings. The molecule has 19 heavy (non-hydrogen) atoms. The standard InChI is InChI=1S/C12H22N4O3/c1-8(2)12(4,7-13)15-10(17)5-18-6-11-14-9(3)16-19-11/h8H,5-7,13H2,1-4H3,(H,15,17). The number of ether oxygens (including phenoxy) is 1. The van der Waals surface area contributed by atoms with Crippen LogP contribution in [0.5, 0.6) is 0 Å². The fraction of sp³-hybridized carbons (Fsp3) is 0.750. The first-order valence-electron chi connectivity index (χ1n) is 6.25. The molecule has 0 aliphatic rings. The van der Waals surface area contributed by atoms with Gasteiger partial charge in [-0.3, -0.25) is 4.79 Å². The first kappa shape index (κ1) is 15.6. The molecular formula is C12H22N4O3. The number of aromatic nitrogens is 2. The third-order valence-corrected chi connectivity index (χ3v) is 3.15. The minimum absolute atomic E-state index is 0.0657. The van der Waals surface area contributed by atoms with E-state index in [1.54, 1.807) is 6.92 Å². The maximum absolute atomic E-state index is 11.8. The van der Waals surface area contributed by atoms with Crippen molar-refractivity contribution < 1.29 is 14.1 Å². The predicted molar refractivity (Wildman–Crippen MR) is 69.1 cm³/mol. The number of amides is 1. The topological polar surface area (TPSA) is 103 Å². The van der Waals surface area contributed by atoms with Crippen LogP contribution in [0.25, 0.3) is 0 Å². The molecule has 7 heteroatoms. The van der Waals surface area contributed by atoms with Crippen molar-refractivity contribution in [2.75, 3.05) is 13.2 Å². The molecule has 0 saturated heterocycles. The summed E-state index contributed by atoms with van der Waals surface area (Å²) in [5.74, 6) is 0.923. The van der Waals surface area contributed by atoms with E-state index in [4.69, 9.17) is 15.0 Å². The van der Waals surface area contributed by atoms with Crippen LogP contribution in [0.2, 0.25) is 0 Å². The molecule has 1 amide bonds. The molecule has 1 unspecified atom stereocenters. The van der Waals surface area contributed by atoms with Crippen LogP contribution < -0.4 is 11.1 Å². The van der Waals surface area contributed by atoms with Gasteiger partial charge in [-0.1, -0.05) is 19.0 Å². The minimum atomic E-state index is -0.429. The second-order valence-electron chi connectivity index (χ2n) is 5.05. The molecule has 1 aromatic rings. The van der Waals surface area contributed by atoms with Crippen molar-refractivity contribution in [3.8, 4) is 0 Å². The van der Waals surface area contributed by atoms with Gasteiger partial charge in [-0.25, -0.2) is 0 Å². The molecule has 0 radical (unpaired) electrons. The molecule has 108 valence electrons. The minimum Gasteiger partial charge on any atom is -0.362 e. The Morgan fingerprint density at radius 2 is 2.26 bits per heavy atom. The zero-order chi connectivity index (χ0) is 14.5. The largest absolute Gasteiger partial charge is 0.362 e. The van der Waals surface area contributed by atoms with Crippen LogP contribution in [-0.2, 0) is 16.1 Å². The highest BCUT2D eigenvalue weighted by Gasteiger charge is 2.28. The zero-order valence-corrected chi connectivity index (χ0v) is 11.9. The fourth-order valence-electron chi connectivity index (χ4n) is 1.42. The van der Waals surface area contributed by atoms with Crippen LogP contribution in [0.15, 0.2) is 4.52 Å². The van der Waals surface area contributed by atoms with Gasteiger partial charge >= 0.3 is 0 Å². The van der Waals surface area contributed by atoms with Crippen LogP contribution in [-0.4, -0.2) is 34.7 Å². The summed E-state index contributed by atoms with van der Waals surface area (Å²) in [4.78, 5) is 15.7. The van der Waals surface area contributed by atoms with Gasteiger partial charge in [0.25, 0.3) is 5.89 Å². The van der Waals surface area contributed by atoms with E-state index >= 15 is 0 Å². The van der Waals surface area contributed by atoms with E-state index in [1.165, 1.54) is 0 Å². The van der Waals surface area contributed by atoms with E-state index in [0.717, 1.165) is 0 Å². The summed E-state index contributed by atoms with van der Waals surface area (Å²) in [6, 6.07) is 0. The molecule has 0 bridgehead atoms. The highest BCUT2D eigenvalue weighted by molar-refractivity contribution is 5.78. The molecule has 1 rings (SSSR count). The number of nitrogens with one attached hydrogen (secondary N) is 1. The Morgan fingerprint density at radius 1 is 1.58 bits per heavy atom. The summed E-state index contributed by atoms with van der Waals surface area (Å²) in [5.41, 5.74) is 5.26. The van der Waals surface area contributed by atoms with Gasteiger partial charge < -0.3 is 20.3 Å². The normalized spacial score (nSPS) is 14.4. The smallest absolute Gasteiger partial charge is 0.252 e. The van der Waals surface area contributed by atoms with Crippen molar-refractivity contribution >= 4 is 5.91 Å². The van der Waals surface area contributed by atoms with E-state index in [-0.39, 0.29) is 25.0 Å². The average Bonchev–Trinajstić information content (AvgIpc) is 2.74. The summed E-state index contributed by atoms with van der Waals surface area (Å²) in [7, 11) is 0. The Hall–Kier alpha value is -1.47. The quantitative estimate of drug-likeness (QED) is 0.742. The molecule has 1 aromatic heterocycles. The molecule has 7 nitrogen and oxygen atoms in total. The summed E-state index contributed by atoms with van der Waals surface area (Å²) in [6.45, 7) is 8.08. The molecule has 3 N–H and O–H groups in total. The van der Waals surface area contributed by atoms with Gasteiger partial charge in [-0.15, -0.1) is 0 Å². The molecule has 0 spiro atoms. The summed E-state index contributed by atoms with van der Waals surface area (Å²) < 4.78 is 10.1. The number of hydrogen-bond donors (Lipinski definition) is 2. The Balaban J connectivity index is 2.35. The number of rotatable bonds is 7. The Kier molecular flexibility index (Phi) is 5.44. The summed E-state index contributed by atoms with van der Waals surface area (Å²) in [6.07, 6.45) is 0. The highest BCUT2D eigenvalue weighted by Crippen LogP contribution is 2.14. The van der Waals surface area contributed by atoms with Crippen LogP contribution in [0.1, 0.15) is 32.5 Å². The second-order valence-corrected chi connectivity index (χ2v) is 5.05. The van der Waals surface area contributed by atoms with Crippen molar-refractivity contribution in [1.29, 1.82) is 0 Å². The number of carbonyl (C=O) groups is 1. The zero-order valence-electron chi connectivity index (χ0n) is 11.9. The van der Waals surface area contributed by atoms with Gasteiger partial charge in [0, 0.05) is 6.54 Å². The first-order chi connectivity index (χ1) is 8.87. The van der Waals surface area contributed by atoms with E-state index in [0.29, 0.717) is 18.3 Å². The first-order valence-corrected chi connectivity index (χ1v) is 6.25. The van der Waals surface area contributed by atoms with Crippen molar-refractivity contribution in [3.05, 3.63) is 11.7 Å². The molecule has 0 saturated carbocycles. The second kappa shape index (κ2) is 6.63. The van der Waals surface area contributed by atoms with Gasteiger partial charge in [0.05, 0.1) is 5.54 Å². The van der Waals surface area contributed by atoms with Gasteiger partial charge in [0.2, 0.25) is 5.91 Å². The van der Waals surface area contributed by atoms with Gasteiger partial charge in [-0.2, -0.15) is 4.98 Å². The SMILES string of the molecule is Cc1noc(COCC(=O)NC(C)(CN)C(C)C)n1. The lowest BCUT2D eigenvalue weighted by Gasteiger charge is -2.33. The van der Waals surface area contributed by atoms with Crippen molar-refractivity contribution in [2.24, 2.45) is 11.7 Å². The van der Waals surface area contributed by atoms with Crippen LogP contribution >= 0.6 is 0 Å². The van der Waals surface area contributed by atoms with Crippen molar-refractivity contribution in [3.63, 3.8) is 0 Å². The molecule has 0 aliphatic carbocycles. The number of carbonyl (C=O) groups excluding carboxylic acids is 1. The average molecular weight is 270 g/mol. The summed E-state index contributed by atoms with van der Waals surface area (Å²) >= 11 is 0. The number of hydrogen-bond acceptors (Lipinski definition) is 6. The van der Waals surface area contributed by atoms with E-state index in [2.05, 4.69) is 15.5 Å². The van der Waals surface area contributed by atoms with Gasteiger partial charge in [0.1, 0.15) is 13.2 Å². The maximum atomic E-state index is 11.8. The Bertz CT molecular complexity index is 419. The van der Waals surface area contributed by atoms with E-state index in [1.807, 2.05) is 20.8 Å². The van der Waals surface area contributed by atoms with Crippen molar-refractivity contribution in [2.45, 2.75) is 39.8 Å². The third kappa shape index (κ3) is 4.60.